The van der Waals surface area contributed by atoms with Crippen molar-refractivity contribution in [3.8, 4) is 0 Å². The van der Waals surface area contributed by atoms with E-state index in [1.165, 1.54) is 44.1 Å². The maximum Gasteiger partial charge on any atom is 0.241 e. The highest BCUT2D eigenvalue weighted by molar-refractivity contribution is 5.84. The zero-order valence-corrected chi connectivity index (χ0v) is 15.2. The number of amides is 2. The number of hydrazine groups is 1. The van der Waals surface area contributed by atoms with Gasteiger partial charge in [0.1, 0.15) is 0 Å². The minimum atomic E-state index is -0.0946. The first-order valence-corrected chi connectivity index (χ1v) is 10.2. The second-order valence-electron chi connectivity index (χ2n) is 9.45. The Hall–Kier alpha value is -1.85. The molecule has 4 saturated carbocycles. The van der Waals surface area contributed by atoms with Crippen molar-refractivity contribution in [2.24, 2.45) is 29.1 Å². The molecule has 6 rings (SSSR count). The summed E-state index contributed by atoms with van der Waals surface area (Å²) in [4.78, 5) is 25.0. The Bertz CT molecular complexity index is 690. The van der Waals surface area contributed by atoms with Gasteiger partial charge in [-0.25, -0.2) is 0 Å². The highest BCUT2D eigenvalue weighted by Gasteiger charge is 2.51. The van der Waals surface area contributed by atoms with Crippen LogP contribution in [-0.4, -0.2) is 22.0 Å². The summed E-state index contributed by atoms with van der Waals surface area (Å²) in [7, 11) is 0. The molecule has 5 aliphatic rings. The van der Waals surface area contributed by atoms with E-state index in [0.717, 1.165) is 36.3 Å². The van der Waals surface area contributed by atoms with E-state index in [1.807, 2.05) is 6.20 Å². The summed E-state index contributed by atoms with van der Waals surface area (Å²) in [5.74, 6) is 2.34. The van der Waals surface area contributed by atoms with Crippen molar-refractivity contribution in [1.29, 1.82) is 0 Å². The van der Waals surface area contributed by atoms with Gasteiger partial charge in [-0.3, -0.25) is 25.5 Å². The van der Waals surface area contributed by atoms with Crippen LogP contribution in [0.3, 0.4) is 0 Å². The van der Waals surface area contributed by atoms with Crippen molar-refractivity contribution in [3.63, 3.8) is 0 Å². The molecule has 4 fully saturated rings. The number of rotatable bonds is 3. The molecule has 1 atom stereocenters. The maximum absolute atomic E-state index is 12.5. The molecule has 6 heteroatoms. The van der Waals surface area contributed by atoms with Crippen LogP contribution in [0.5, 0.6) is 0 Å². The van der Waals surface area contributed by atoms with Gasteiger partial charge in [0.15, 0.2) is 0 Å². The molecule has 140 valence electrons. The van der Waals surface area contributed by atoms with Crippen LogP contribution in [0.15, 0.2) is 6.20 Å². The molecule has 0 saturated heterocycles. The lowest BCUT2D eigenvalue weighted by atomic mass is 9.49. The Morgan fingerprint density at radius 1 is 1.12 bits per heavy atom. The molecule has 0 aliphatic heterocycles. The van der Waals surface area contributed by atoms with E-state index in [4.69, 9.17) is 0 Å². The fourth-order valence-corrected chi connectivity index (χ4v) is 6.76. The molecule has 3 N–H and O–H groups in total. The van der Waals surface area contributed by atoms with E-state index in [0.29, 0.717) is 12.8 Å². The Morgan fingerprint density at radius 3 is 2.50 bits per heavy atom. The zero-order valence-electron chi connectivity index (χ0n) is 15.2. The number of aromatic amines is 1. The zero-order chi connectivity index (χ0) is 17.7. The lowest BCUT2D eigenvalue weighted by Gasteiger charge is -2.56. The summed E-state index contributed by atoms with van der Waals surface area (Å²) in [6.45, 7) is 0. The maximum atomic E-state index is 12.5. The van der Waals surface area contributed by atoms with Crippen LogP contribution >= 0.6 is 0 Å². The number of carbonyl (C=O) groups is 2. The average Bonchev–Trinajstić information content (AvgIpc) is 3.05. The molecular formula is C20H28N4O2. The summed E-state index contributed by atoms with van der Waals surface area (Å²) >= 11 is 0. The van der Waals surface area contributed by atoms with Crippen LogP contribution in [0.25, 0.3) is 0 Å². The van der Waals surface area contributed by atoms with E-state index in [-0.39, 0.29) is 23.1 Å². The molecule has 6 nitrogen and oxygen atoms in total. The number of aryl methyl sites for hydroxylation is 1. The van der Waals surface area contributed by atoms with Gasteiger partial charge in [0.2, 0.25) is 11.8 Å². The Labute approximate surface area is 153 Å². The fourth-order valence-electron chi connectivity index (χ4n) is 6.76. The van der Waals surface area contributed by atoms with E-state index in [1.54, 1.807) is 0 Å². The molecule has 5 aliphatic carbocycles. The van der Waals surface area contributed by atoms with E-state index >= 15 is 0 Å². The number of hydrogen-bond acceptors (Lipinski definition) is 3. The van der Waals surface area contributed by atoms with Crippen molar-refractivity contribution in [2.45, 2.75) is 64.2 Å². The highest BCUT2D eigenvalue weighted by atomic mass is 16.2. The largest absolute Gasteiger partial charge is 0.282 e. The lowest BCUT2D eigenvalue weighted by molar-refractivity contribution is -0.135. The summed E-state index contributed by atoms with van der Waals surface area (Å²) in [5, 5.41) is 7.02. The lowest BCUT2D eigenvalue weighted by Crippen LogP contribution is -2.51. The predicted molar refractivity (Wildman–Crippen MR) is 95.6 cm³/mol. The van der Waals surface area contributed by atoms with Crippen LogP contribution in [0.4, 0.5) is 0 Å². The van der Waals surface area contributed by atoms with Crippen LogP contribution in [0.1, 0.15) is 62.6 Å². The van der Waals surface area contributed by atoms with Crippen molar-refractivity contribution >= 4 is 11.8 Å². The molecular weight excluding hydrogens is 328 g/mol. The number of carbonyl (C=O) groups excluding carboxylic acids is 2. The molecule has 0 unspecified atom stereocenters. The van der Waals surface area contributed by atoms with Gasteiger partial charge in [-0.05, 0) is 80.1 Å². The van der Waals surface area contributed by atoms with Gasteiger partial charge in [0.05, 0.1) is 6.20 Å². The van der Waals surface area contributed by atoms with Gasteiger partial charge >= 0.3 is 0 Å². The molecule has 0 spiro atoms. The average molecular weight is 356 g/mol. The Kier molecular flexibility index (Phi) is 3.83. The second kappa shape index (κ2) is 6.10. The number of H-pyrrole nitrogens is 1. The molecule has 1 aromatic rings. The number of nitrogens with one attached hydrogen (secondary N) is 3. The Balaban J connectivity index is 1.14. The molecule has 26 heavy (non-hydrogen) atoms. The van der Waals surface area contributed by atoms with E-state index in [9.17, 15) is 9.59 Å². The smallest absolute Gasteiger partial charge is 0.241 e. The number of fused-ring (bicyclic) bond motifs is 1. The molecule has 1 aromatic heterocycles. The quantitative estimate of drug-likeness (QED) is 0.726. The SMILES string of the molecule is O=C(CC12CC3CC(CC(C3)C1)C2)NNC(=O)[C@@H]1CCc2cn[nH]c2C1. The third kappa shape index (κ3) is 2.93. The van der Waals surface area contributed by atoms with Gasteiger partial charge in [-0.1, -0.05) is 0 Å². The van der Waals surface area contributed by atoms with Crippen molar-refractivity contribution < 1.29 is 9.59 Å². The first kappa shape index (κ1) is 16.3. The summed E-state index contributed by atoms with van der Waals surface area (Å²) in [6.07, 6.45) is 12.6. The van der Waals surface area contributed by atoms with Crippen LogP contribution < -0.4 is 10.9 Å². The van der Waals surface area contributed by atoms with Gasteiger partial charge in [-0.15, -0.1) is 0 Å². The number of hydrogen-bond donors (Lipinski definition) is 3. The summed E-state index contributed by atoms with van der Waals surface area (Å²) in [5.41, 5.74) is 7.86. The predicted octanol–water partition coefficient (Wildman–Crippen LogP) is 2.27. The first-order valence-electron chi connectivity index (χ1n) is 10.2. The number of aromatic nitrogens is 2. The normalized spacial score (nSPS) is 37.2. The van der Waals surface area contributed by atoms with Crippen LogP contribution in [-0.2, 0) is 22.4 Å². The van der Waals surface area contributed by atoms with Crippen molar-refractivity contribution in [3.05, 3.63) is 17.5 Å². The van der Waals surface area contributed by atoms with Crippen molar-refractivity contribution in [1.82, 2.24) is 21.0 Å². The third-order valence-corrected chi connectivity index (χ3v) is 7.42. The third-order valence-electron chi connectivity index (χ3n) is 7.42. The number of nitrogens with zero attached hydrogens (tertiary/aromatic N) is 1. The fraction of sp³-hybridized carbons (Fsp3) is 0.750. The summed E-state index contributed by atoms with van der Waals surface area (Å²) < 4.78 is 0. The van der Waals surface area contributed by atoms with Gasteiger partial charge in [0, 0.05) is 24.5 Å². The molecule has 1 heterocycles. The molecule has 2 amide bonds. The summed E-state index contributed by atoms with van der Waals surface area (Å²) in [6, 6.07) is 0. The minimum absolute atomic E-state index is 0.0154. The van der Waals surface area contributed by atoms with Gasteiger partial charge < -0.3 is 0 Å². The first-order chi connectivity index (χ1) is 12.6. The monoisotopic (exact) mass is 356 g/mol. The van der Waals surface area contributed by atoms with Gasteiger partial charge in [-0.2, -0.15) is 5.10 Å². The topological polar surface area (TPSA) is 86.9 Å². The minimum Gasteiger partial charge on any atom is -0.282 e. The van der Waals surface area contributed by atoms with E-state index in [2.05, 4.69) is 21.0 Å². The molecule has 0 aromatic carbocycles. The van der Waals surface area contributed by atoms with Crippen LogP contribution in [0, 0.1) is 29.1 Å². The standard InChI is InChI=1S/C20H28N4O2/c25-18(10-20-7-12-3-13(8-20)5-14(4-12)9-20)23-24-19(26)15-1-2-16-11-21-22-17(16)6-15/h11-15H,1-10H2,(H,21,22)(H,23,25)(H,24,26)/t12?,13?,14?,15-,20?/m1/s1. The second-order valence-corrected chi connectivity index (χ2v) is 9.45. The van der Waals surface area contributed by atoms with Crippen LogP contribution in [0.2, 0.25) is 0 Å². The van der Waals surface area contributed by atoms with E-state index < -0.39 is 0 Å². The molecule has 0 radical (unpaired) electrons. The van der Waals surface area contributed by atoms with Gasteiger partial charge in [0.25, 0.3) is 0 Å². The highest BCUT2D eigenvalue weighted by Crippen LogP contribution is 2.61. The Morgan fingerprint density at radius 2 is 1.81 bits per heavy atom. The van der Waals surface area contributed by atoms with Crippen molar-refractivity contribution in [2.75, 3.05) is 0 Å². The molecule has 4 bridgehead atoms.